The van der Waals surface area contributed by atoms with Crippen molar-refractivity contribution in [1.82, 2.24) is 14.8 Å². The molecule has 2 aromatic carbocycles. The van der Waals surface area contributed by atoms with E-state index in [1.54, 1.807) is 35.5 Å². The van der Waals surface area contributed by atoms with Crippen molar-refractivity contribution >= 4 is 28.7 Å². The number of rotatable bonds is 6. The van der Waals surface area contributed by atoms with Gasteiger partial charge in [-0.1, -0.05) is 6.07 Å². The Morgan fingerprint density at radius 1 is 1.19 bits per heavy atom. The van der Waals surface area contributed by atoms with Crippen molar-refractivity contribution in [2.45, 2.75) is 6.54 Å². The third-order valence-electron chi connectivity index (χ3n) is 5.24. The van der Waals surface area contributed by atoms with E-state index in [0.29, 0.717) is 18.8 Å². The molecule has 10 heteroatoms. The minimum absolute atomic E-state index is 0.0510. The van der Waals surface area contributed by atoms with Crippen LogP contribution in [0.3, 0.4) is 0 Å². The lowest BCUT2D eigenvalue weighted by Gasteiger charge is -2.34. The lowest BCUT2D eigenvalue weighted by molar-refractivity contribution is -0.384. The molecular weight excluding hydrogens is 430 g/mol. The van der Waals surface area contributed by atoms with Crippen LogP contribution < -0.4 is 10.1 Å². The summed E-state index contributed by atoms with van der Waals surface area (Å²) in [6.45, 7) is 3.36. The molecule has 9 nitrogen and oxygen atoms in total. The summed E-state index contributed by atoms with van der Waals surface area (Å²) in [6, 6.07) is 13.6. The van der Waals surface area contributed by atoms with Crippen LogP contribution in [0.4, 0.5) is 16.2 Å². The van der Waals surface area contributed by atoms with Gasteiger partial charge in [0.1, 0.15) is 10.8 Å². The number of anilines is 1. The zero-order valence-corrected chi connectivity index (χ0v) is 18.4. The zero-order valence-electron chi connectivity index (χ0n) is 17.6. The Kier molecular flexibility index (Phi) is 6.62. The van der Waals surface area contributed by atoms with Crippen LogP contribution in [-0.2, 0) is 6.54 Å². The van der Waals surface area contributed by atoms with E-state index in [9.17, 15) is 14.9 Å². The topological polar surface area (TPSA) is 101 Å². The van der Waals surface area contributed by atoms with Crippen molar-refractivity contribution in [2.24, 2.45) is 0 Å². The van der Waals surface area contributed by atoms with E-state index in [1.165, 1.54) is 12.1 Å². The van der Waals surface area contributed by atoms with E-state index in [-0.39, 0.29) is 11.7 Å². The summed E-state index contributed by atoms with van der Waals surface area (Å²) in [5.41, 5.74) is 2.44. The highest BCUT2D eigenvalue weighted by atomic mass is 32.1. The molecule has 1 aromatic heterocycles. The van der Waals surface area contributed by atoms with Crippen LogP contribution >= 0.6 is 11.3 Å². The van der Waals surface area contributed by atoms with Crippen molar-refractivity contribution in [2.75, 3.05) is 38.6 Å². The first-order valence-corrected chi connectivity index (χ1v) is 11.0. The number of ether oxygens (including phenoxy) is 1. The Morgan fingerprint density at radius 3 is 2.62 bits per heavy atom. The number of piperazine rings is 1. The lowest BCUT2D eigenvalue weighted by atomic mass is 10.2. The summed E-state index contributed by atoms with van der Waals surface area (Å²) in [6.07, 6.45) is 0. The summed E-state index contributed by atoms with van der Waals surface area (Å²) in [5.74, 6) is 0.818. The number of hydrogen-bond acceptors (Lipinski definition) is 7. The highest BCUT2D eigenvalue weighted by Crippen LogP contribution is 2.26. The molecule has 1 saturated heterocycles. The molecular formula is C22H23N5O4S. The first-order valence-electron chi connectivity index (χ1n) is 10.1. The Balaban J connectivity index is 1.28. The monoisotopic (exact) mass is 453 g/mol. The van der Waals surface area contributed by atoms with Gasteiger partial charge in [0.2, 0.25) is 0 Å². The van der Waals surface area contributed by atoms with Crippen molar-refractivity contribution < 1.29 is 14.5 Å². The molecule has 1 aliphatic heterocycles. The lowest BCUT2D eigenvalue weighted by Crippen LogP contribution is -2.49. The van der Waals surface area contributed by atoms with Crippen molar-refractivity contribution in [3.63, 3.8) is 0 Å². The molecule has 0 saturated carbocycles. The molecule has 1 fully saturated rings. The van der Waals surface area contributed by atoms with E-state index in [1.807, 2.05) is 24.3 Å². The Labute approximate surface area is 189 Å². The summed E-state index contributed by atoms with van der Waals surface area (Å²) in [7, 11) is 1.65. The number of nitro benzene ring substituents is 1. The second kappa shape index (κ2) is 9.75. The highest BCUT2D eigenvalue weighted by Gasteiger charge is 2.22. The number of benzene rings is 2. The van der Waals surface area contributed by atoms with Gasteiger partial charge >= 0.3 is 6.03 Å². The summed E-state index contributed by atoms with van der Waals surface area (Å²) in [5, 5.41) is 16.7. The van der Waals surface area contributed by atoms with Gasteiger partial charge in [-0.3, -0.25) is 15.0 Å². The predicted molar refractivity (Wildman–Crippen MR) is 123 cm³/mol. The summed E-state index contributed by atoms with van der Waals surface area (Å²) < 4.78 is 5.20. The van der Waals surface area contributed by atoms with E-state index in [2.05, 4.69) is 15.6 Å². The standard InChI is InChI=1S/C22H23N5O4S/c1-31-20-7-5-16(6-8-20)21-23-18(15-32-21)14-25-9-11-26(12-10-25)22(28)24-17-3-2-4-19(13-17)27(29)30/h2-8,13,15H,9-12,14H2,1H3,(H,24,28). The van der Waals surface area contributed by atoms with Gasteiger partial charge in [0, 0.05) is 61.5 Å². The number of carbonyl (C=O) groups is 1. The molecule has 3 aromatic rings. The van der Waals surface area contributed by atoms with E-state index in [0.717, 1.165) is 41.6 Å². The maximum Gasteiger partial charge on any atom is 0.321 e. The van der Waals surface area contributed by atoms with Gasteiger partial charge in [-0.25, -0.2) is 9.78 Å². The van der Waals surface area contributed by atoms with E-state index < -0.39 is 4.92 Å². The molecule has 0 atom stereocenters. The van der Waals surface area contributed by atoms with Crippen LogP contribution in [0, 0.1) is 10.1 Å². The van der Waals surface area contributed by atoms with Gasteiger partial charge in [0.25, 0.3) is 5.69 Å². The number of hydrogen-bond donors (Lipinski definition) is 1. The number of urea groups is 1. The quantitative estimate of drug-likeness (QED) is 0.446. The molecule has 2 amide bonds. The number of methoxy groups -OCH3 is 1. The maximum atomic E-state index is 12.5. The number of nitro groups is 1. The van der Waals surface area contributed by atoms with Crippen molar-refractivity contribution in [1.29, 1.82) is 0 Å². The zero-order chi connectivity index (χ0) is 22.5. The van der Waals surface area contributed by atoms with Gasteiger partial charge in [-0.2, -0.15) is 0 Å². The number of carbonyl (C=O) groups excluding carboxylic acids is 1. The molecule has 2 heterocycles. The smallest absolute Gasteiger partial charge is 0.321 e. The average Bonchev–Trinajstić information content (AvgIpc) is 3.28. The van der Waals surface area contributed by atoms with Gasteiger partial charge in [0.15, 0.2) is 0 Å². The van der Waals surface area contributed by atoms with Gasteiger partial charge in [-0.05, 0) is 30.3 Å². The third kappa shape index (κ3) is 5.21. The van der Waals surface area contributed by atoms with Crippen LogP contribution in [0.25, 0.3) is 10.6 Å². The second-order valence-electron chi connectivity index (χ2n) is 7.37. The first-order chi connectivity index (χ1) is 15.5. The van der Waals surface area contributed by atoms with E-state index in [4.69, 9.17) is 9.72 Å². The van der Waals surface area contributed by atoms with Gasteiger partial charge in [0.05, 0.1) is 17.7 Å². The van der Waals surface area contributed by atoms with E-state index >= 15 is 0 Å². The molecule has 1 aliphatic rings. The van der Waals surface area contributed by atoms with Crippen LogP contribution in [0.1, 0.15) is 5.69 Å². The second-order valence-corrected chi connectivity index (χ2v) is 8.23. The number of aromatic nitrogens is 1. The Bertz CT molecular complexity index is 1090. The molecule has 0 bridgehead atoms. The minimum Gasteiger partial charge on any atom is -0.497 e. The predicted octanol–water partition coefficient (Wildman–Crippen LogP) is 4.08. The fourth-order valence-corrected chi connectivity index (χ4v) is 4.30. The van der Waals surface area contributed by atoms with Crippen LogP contribution in [-0.4, -0.2) is 59.0 Å². The molecule has 0 unspecified atom stereocenters. The Morgan fingerprint density at radius 2 is 1.94 bits per heavy atom. The molecule has 0 aliphatic carbocycles. The molecule has 0 radical (unpaired) electrons. The van der Waals surface area contributed by atoms with Crippen LogP contribution in [0.5, 0.6) is 5.75 Å². The number of thiazole rings is 1. The van der Waals surface area contributed by atoms with Crippen molar-refractivity contribution in [3.05, 3.63) is 69.7 Å². The third-order valence-corrected chi connectivity index (χ3v) is 6.18. The molecule has 1 N–H and O–H groups in total. The fraction of sp³-hybridized carbons (Fsp3) is 0.273. The number of nitrogens with one attached hydrogen (secondary N) is 1. The van der Waals surface area contributed by atoms with Crippen LogP contribution in [0.2, 0.25) is 0 Å². The summed E-state index contributed by atoms with van der Waals surface area (Å²) in [4.78, 5) is 31.7. The fourth-order valence-electron chi connectivity index (χ4n) is 3.48. The van der Waals surface area contributed by atoms with Gasteiger partial charge < -0.3 is 15.0 Å². The molecule has 0 spiro atoms. The minimum atomic E-state index is -0.479. The molecule has 32 heavy (non-hydrogen) atoms. The van der Waals surface area contributed by atoms with Gasteiger partial charge in [-0.15, -0.1) is 11.3 Å². The normalized spacial score (nSPS) is 14.2. The Hall–Kier alpha value is -3.50. The maximum absolute atomic E-state index is 12.5. The molecule has 166 valence electrons. The van der Waals surface area contributed by atoms with Crippen LogP contribution in [0.15, 0.2) is 53.9 Å². The number of amides is 2. The SMILES string of the molecule is COc1ccc(-c2nc(CN3CCN(C(=O)Nc4cccc([N+](=O)[O-])c4)CC3)cs2)cc1. The highest BCUT2D eigenvalue weighted by molar-refractivity contribution is 7.13. The number of non-ortho nitro benzene ring substituents is 1. The average molecular weight is 454 g/mol. The summed E-state index contributed by atoms with van der Waals surface area (Å²) >= 11 is 1.61. The largest absolute Gasteiger partial charge is 0.497 e. The first kappa shape index (κ1) is 21.7. The van der Waals surface area contributed by atoms with Crippen molar-refractivity contribution in [3.8, 4) is 16.3 Å². The number of nitrogens with zero attached hydrogens (tertiary/aromatic N) is 4. The molecule has 4 rings (SSSR count).